The molecule has 1 saturated heterocycles. The highest BCUT2D eigenvalue weighted by Gasteiger charge is 2.23. The number of benzene rings is 1. The van der Waals surface area contributed by atoms with E-state index in [9.17, 15) is 4.79 Å². The molecule has 0 spiro atoms. The van der Waals surface area contributed by atoms with Gasteiger partial charge in [-0.1, -0.05) is 12.1 Å². The Labute approximate surface area is 145 Å². The molecule has 3 unspecified atom stereocenters. The number of nitrogens with zero attached hydrogens (tertiary/aromatic N) is 1. The minimum absolute atomic E-state index is 0.115. The third kappa shape index (κ3) is 5.41. The summed E-state index contributed by atoms with van der Waals surface area (Å²) in [5.74, 6) is 0. The van der Waals surface area contributed by atoms with Crippen molar-refractivity contribution in [3.05, 3.63) is 29.8 Å². The highest BCUT2D eigenvalue weighted by atomic mass is 16.6. The normalized spacial score (nSPS) is 22.8. The summed E-state index contributed by atoms with van der Waals surface area (Å²) in [6.07, 6.45) is 0.0402. The predicted molar refractivity (Wildman–Crippen MR) is 96.4 cm³/mol. The fourth-order valence-electron chi connectivity index (χ4n) is 2.95. The maximum Gasteiger partial charge on any atom is 0.408 e. The van der Waals surface area contributed by atoms with Crippen LogP contribution in [0.25, 0.3) is 0 Å². The van der Waals surface area contributed by atoms with Gasteiger partial charge in [0.15, 0.2) is 0 Å². The van der Waals surface area contributed by atoms with Gasteiger partial charge in [0.1, 0.15) is 5.60 Å². The van der Waals surface area contributed by atoms with Gasteiger partial charge in [-0.05, 0) is 59.2 Å². The van der Waals surface area contributed by atoms with E-state index in [1.165, 1.54) is 0 Å². The van der Waals surface area contributed by atoms with Crippen molar-refractivity contribution in [2.45, 2.75) is 65.4 Å². The molecule has 0 bridgehead atoms. The van der Waals surface area contributed by atoms with Gasteiger partial charge in [0.25, 0.3) is 0 Å². The number of alkyl carbamates (subject to hydrolysis) is 1. The molecule has 1 aliphatic rings. The first-order valence-electron chi connectivity index (χ1n) is 8.64. The molecule has 1 fully saturated rings. The van der Waals surface area contributed by atoms with Crippen LogP contribution in [-0.4, -0.2) is 37.0 Å². The lowest BCUT2D eigenvalue weighted by Gasteiger charge is -2.37. The zero-order valence-electron chi connectivity index (χ0n) is 15.6. The summed E-state index contributed by atoms with van der Waals surface area (Å²) >= 11 is 0. The Bertz CT molecular complexity index is 558. The van der Waals surface area contributed by atoms with Crippen LogP contribution in [0.2, 0.25) is 0 Å². The molecule has 1 aliphatic heterocycles. The zero-order chi connectivity index (χ0) is 17.9. The molecule has 0 radical (unpaired) electrons. The van der Waals surface area contributed by atoms with Gasteiger partial charge in [-0.3, -0.25) is 0 Å². The molecule has 24 heavy (non-hydrogen) atoms. The Morgan fingerprint density at radius 1 is 1.29 bits per heavy atom. The number of hydrogen-bond acceptors (Lipinski definition) is 4. The molecule has 5 heteroatoms. The second kappa shape index (κ2) is 7.43. The van der Waals surface area contributed by atoms with Crippen LogP contribution in [0.3, 0.4) is 0 Å². The maximum absolute atomic E-state index is 12.0. The van der Waals surface area contributed by atoms with Gasteiger partial charge < -0.3 is 19.7 Å². The quantitative estimate of drug-likeness (QED) is 0.911. The molecule has 1 N–H and O–H groups in total. The first kappa shape index (κ1) is 18.6. The van der Waals surface area contributed by atoms with Gasteiger partial charge in [-0.15, -0.1) is 0 Å². The number of hydrogen-bond donors (Lipinski definition) is 1. The monoisotopic (exact) mass is 334 g/mol. The minimum Gasteiger partial charge on any atom is -0.444 e. The van der Waals surface area contributed by atoms with Gasteiger partial charge in [0.05, 0.1) is 18.2 Å². The van der Waals surface area contributed by atoms with Gasteiger partial charge in [0.2, 0.25) is 0 Å². The summed E-state index contributed by atoms with van der Waals surface area (Å²) in [5.41, 5.74) is 1.73. The molecule has 5 nitrogen and oxygen atoms in total. The summed E-state index contributed by atoms with van der Waals surface area (Å²) < 4.78 is 11.1. The number of amides is 1. The van der Waals surface area contributed by atoms with Crippen molar-refractivity contribution in [2.24, 2.45) is 0 Å². The van der Waals surface area contributed by atoms with Crippen molar-refractivity contribution < 1.29 is 14.3 Å². The standard InChI is InChI=1S/C19H30N2O3/c1-13-11-21(12-14(2)23-13)17-9-7-8-16(10-17)15(3)20-18(22)24-19(4,5)6/h7-10,13-15H,11-12H2,1-6H3,(H,20,22). The Hall–Kier alpha value is -1.75. The first-order valence-corrected chi connectivity index (χ1v) is 8.64. The van der Waals surface area contributed by atoms with E-state index in [4.69, 9.17) is 9.47 Å². The Balaban J connectivity index is 2.05. The summed E-state index contributed by atoms with van der Waals surface area (Å²) in [6.45, 7) is 13.5. The average Bonchev–Trinajstić information content (AvgIpc) is 2.44. The molecule has 0 aromatic heterocycles. The largest absolute Gasteiger partial charge is 0.444 e. The third-order valence-corrected chi connectivity index (χ3v) is 3.89. The van der Waals surface area contributed by atoms with E-state index in [1.54, 1.807) is 0 Å². The molecular weight excluding hydrogens is 304 g/mol. The Kier molecular flexibility index (Phi) is 5.75. The number of nitrogens with one attached hydrogen (secondary N) is 1. The van der Waals surface area contributed by atoms with Crippen LogP contribution in [0.15, 0.2) is 24.3 Å². The van der Waals surface area contributed by atoms with Gasteiger partial charge in [-0.25, -0.2) is 4.79 Å². The number of carbonyl (C=O) groups excluding carboxylic acids is 1. The van der Waals surface area contributed by atoms with E-state index in [-0.39, 0.29) is 18.2 Å². The number of rotatable bonds is 3. The van der Waals surface area contributed by atoms with E-state index >= 15 is 0 Å². The first-order chi connectivity index (χ1) is 11.1. The Morgan fingerprint density at radius 2 is 1.92 bits per heavy atom. The van der Waals surface area contributed by atoms with E-state index in [0.717, 1.165) is 24.3 Å². The predicted octanol–water partition coefficient (Wildman–Crippen LogP) is 3.89. The molecule has 1 aromatic carbocycles. The van der Waals surface area contributed by atoms with Gasteiger partial charge in [-0.2, -0.15) is 0 Å². The van der Waals surface area contributed by atoms with E-state index < -0.39 is 11.7 Å². The number of ether oxygens (including phenoxy) is 2. The van der Waals surface area contributed by atoms with Gasteiger partial charge >= 0.3 is 6.09 Å². The summed E-state index contributed by atoms with van der Waals surface area (Å²) in [7, 11) is 0. The lowest BCUT2D eigenvalue weighted by Crippen LogP contribution is -2.45. The average molecular weight is 334 g/mol. The van der Waals surface area contributed by atoms with Crippen molar-refractivity contribution >= 4 is 11.8 Å². The molecule has 1 amide bonds. The molecular formula is C19H30N2O3. The van der Waals surface area contributed by atoms with Crippen LogP contribution >= 0.6 is 0 Å². The van der Waals surface area contributed by atoms with Gasteiger partial charge in [0, 0.05) is 18.8 Å². The van der Waals surface area contributed by atoms with E-state index in [0.29, 0.717) is 0 Å². The van der Waals surface area contributed by atoms with Crippen LogP contribution in [0.5, 0.6) is 0 Å². The highest BCUT2D eigenvalue weighted by molar-refractivity contribution is 5.68. The fraction of sp³-hybridized carbons (Fsp3) is 0.632. The second-order valence-electron chi connectivity index (χ2n) is 7.63. The smallest absolute Gasteiger partial charge is 0.408 e. The molecule has 1 heterocycles. The Morgan fingerprint density at radius 3 is 2.50 bits per heavy atom. The van der Waals surface area contributed by atoms with Crippen LogP contribution in [0, 0.1) is 0 Å². The number of anilines is 1. The fourth-order valence-corrected chi connectivity index (χ4v) is 2.95. The van der Waals surface area contributed by atoms with Crippen molar-refractivity contribution in [1.29, 1.82) is 0 Å². The molecule has 134 valence electrons. The topological polar surface area (TPSA) is 50.8 Å². The van der Waals surface area contributed by atoms with Crippen LogP contribution in [-0.2, 0) is 9.47 Å². The molecule has 1 aromatic rings. The van der Waals surface area contributed by atoms with Crippen LogP contribution < -0.4 is 10.2 Å². The molecule has 0 aliphatic carbocycles. The van der Waals surface area contributed by atoms with Crippen molar-refractivity contribution in [3.63, 3.8) is 0 Å². The minimum atomic E-state index is -0.494. The summed E-state index contributed by atoms with van der Waals surface area (Å²) in [4.78, 5) is 14.3. The SMILES string of the molecule is CC1CN(c2cccc(C(C)NC(=O)OC(C)(C)C)c2)CC(C)O1. The lowest BCUT2D eigenvalue weighted by atomic mass is 10.1. The maximum atomic E-state index is 12.0. The van der Waals surface area contributed by atoms with Crippen LogP contribution in [0.1, 0.15) is 53.1 Å². The third-order valence-electron chi connectivity index (χ3n) is 3.89. The lowest BCUT2D eigenvalue weighted by molar-refractivity contribution is -0.00522. The second-order valence-corrected chi connectivity index (χ2v) is 7.63. The van der Waals surface area contributed by atoms with Crippen molar-refractivity contribution in [3.8, 4) is 0 Å². The summed E-state index contributed by atoms with van der Waals surface area (Å²) in [5, 5.41) is 2.90. The number of carbonyl (C=O) groups is 1. The molecule has 3 atom stereocenters. The van der Waals surface area contributed by atoms with E-state index in [2.05, 4.69) is 36.2 Å². The number of morpholine rings is 1. The van der Waals surface area contributed by atoms with Crippen molar-refractivity contribution in [2.75, 3.05) is 18.0 Å². The van der Waals surface area contributed by atoms with E-state index in [1.807, 2.05) is 39.8 Å². The van der Waals surface area contributed by atoms with Crippen LogP contribution in [0.4, 0.5) is 10.5 Å². The summed E-state index contributed by atoms with van der Waals surface area (Å²) in [6, 6.07) is 8.18. The zero-order valence-corrected chi connectivity index (χ0v) is 15.6. The van der Waals surface area contributed by atoms with Crippen molar-refractivity contribution in [1.82, 2.24) is 5.32 Å². The molecule has 2 rings (SSSR count). The highest BCUT2D eigenvalue weighted by Crippen LogP contribution is 2.24. The molecule has 0 saturated carbocycles.